The number of H-pyrrole nitrogens is 1. The summed E-state index contributed by atoms with van der Waals surface area (Å²) in [5.41, 5.74) is 7.80. The first-order valence-corrected chi connectivity index (χ1v) is 8.12. The van der Waals surface area contributed by atoms with Crippen molar-refractivity contribution in [1.82, 2.24) is 15.0 Å². The highest BCUT2D eigenvalue weighted by Crippen LogP contribution is 2.32. The summed E-state index contributed by atoms with van der Waals surface area (Å²) in [5.74, 6) is 0.481. The molecular weight excluding hydrogens is 322 g/mol. The van der Waals surface area contributed by atoms with Crippen LogP contribution in [0.25, 0.3) is 21.9 Å². The quantitative estimate of drug-likeness (QED) is 0.686. The van der Waals surface area contributed by atoms with E-state index < -0.39 is 0 Å². The number of hydrogen-bond donors (Lipinski definition) is 2. The number of methoxy groups -OCH3 is 1. The van der Waals surface area contributed by atoms with Crippen LogP contribution in [0.1, 0.15) is 10.4 Å². The topological polar surface area (TPSA) is 106 Å². The molecule has 0 radical (unpaired) electrons. The SMILES string of the molecule is COC(=O)c1ccc2c(c1)[nH]c1ncnc(N3CCOC(CN)C3)c12. The molecule has 1 atom stereocenters. The molecule has 3 aromatic rings. The molecule has 2 aromatic heterocycles. The van der Waals surface area contributed by atoms with Crippen LogP contribution in [0.15, 0.2) is 24.5 Å². The van der Waals surface area contributed by atoms with Crippen LogP contribution in [0.4, 0.5) is 5.82 Å². The Hall–Kier alpha value is -2.71. The van der Waals surface area contributed by atoms with E-state index >= 15 is 0 Å². The minimum absolute atomic E-state index is 0.00472. The van der Waals surface area contributed by atoms with Crippen LogP contribution in [0, 0.1) is 0 Å². The summed E-state index contributed by atoms with van der Waals surface area (Å²) in [6.07, 6.45) is 1.54. The maximum absolute atomic E-state index is 11.8. The molecule has 1 aliphatic rings. The number of aromatic amines is 1. The molecule has 25 heavy (non-hydrogen) atoms. The Morgan fingerprint density at radius 2 is 2.36 bits per heavy atom. The van der Waals surface area contributed by atoms with Gasteiger partial charge in [-0.15, -0.1) is 0 Å². The van der Waals surface area contributed by atoms with Crippen molar-refractivity contribution in [3.63, 3.8) is 0 Å². The maximum atomic E-state index is 11.8. The molecule has 1 aliphatic heterocycles. The molecule has 0 bridgehead atoms. The van der Waals surface area contributed by atoms with E-state index in [0.717, 1.165) is 34.3 Å². The van der Waals surface area contributed by atoms with Gasteiger partial charge in [0.25, 0.3) is 0 Å². The van der Waals surface area contributed by atoms with Crippen molar-refractivity contribution in [2.24, 2.45) is 5.73 Å². The number of nitrogens with zero attached hydrogens (tertiary/aromatic N) is 3. The highest BCUT2D eigenvalue weighted by molar-refractivity contribution is 6.12. The number of anilines is 1. The summed E-state index contributed by atoms with van der Waals surface area (Å²) in [7, 11) is 1.37. The molecule has 0 amide bonds. The maximum Gasteiger partial charge on any atom is 0.337 e. The van der Waals surface area contributed by atoms with E-state index in [1.165, 1.54) is 7.11 Å². The zero-order valence-corrected chi connectivity index (χ0v) is 13.9. The van der Waals surface area contributed by atoms with Crippen molar-refractivity contribution >= 4 is 33.7 Å². The van der Waals surface area contributed by atoms with E-state index in [0.29, 0.717) is 25.3 Å². The van der Waals surface area contributed by atoms with Gasteiger partial charge >= 0.3 is 5.97 Å². The fourth-order valence-electron chi connectivity index (χ4n) is 3.25. The van der Waals surface area contributed by atoms with Gasteiger partial charge in [0.1, 0.15) is 17.8 Å². The first kappa shape index (κ1) is 15.8. The molecule has 0 saturated carbocycles. The molecule has 3 heterocycles. The van der Waals surface area contributed by atoms with Gasteiger partial charge < -0.3 is 25.1 Å². The predicted molar refractivity (Wildman–Crippen MR) is 93.7 cm³/mol. The van der Waals surface area contributed by atoms with E-state index in [-0.39, 0.29) is 12.1 Å². The molecule has 0 aliphatic carbocycles. The summed E-state index contributed by atoms with van der Waals surface area (Å²) in [5, 5.41) is 1.90. The first-order valence-electron chi connectivity index (χ1n) is 8.12. The second kappa shape index (κ2) is 6.30. The van der Waals surface area contributed by atoms with Crippen LogP contribution in [-0.4, -0.2) is 60.4 Å². The van der Waals surface area contributed by atoms with Crippen molar-refractivity contribution < 1.29 is 14.3 Å². The zero-order chi connectivity index (χ0) is 17.4. The minimum atomic E-state index is -0.370. The average Bonchev–Trinajstić information content (AvgIpc) is 3.05. The van der Waals surface area contributed by atoms with E-state index in [2.05, 4.69) is 19.9 Å². The number of carbonyl (C=O) groups excluding carboxylic acids is 1. The van der Waals surface area contributed by atoms with Gasteiger partial charge in [-0.3, -0.25) is 0 Å². The number of ether oxygens (including phenoxy) is 2. The summed E-state index contributed by atoms with van der Waals surface area (Å²) < 4.78 is 10.4. The van der Waals surface area contributed by atoms with Crippen LogP contribution < -0.4 is 10.6 Å². The third kappa shape index (κ3) is 2.69. The zero-order valence-electron chi connectivity index (χ0n) is 13.9. The number of benzene rings is 1. The Labute approximate surface area is 143 Å². The van der Waals surface area contributed by atoms with Crippen LogP contribution in [0.2, 0.25) is 0 Å². The fraction of sp³-hybridized carbons (Fsp3) is 0.353. The number of fused-ring (bicyclic) bond motifs is 3. The summed E-state index contributed by atoms with van der Waals surface area (Å²) >= 11 is 0. The lowest BCUT2D eigenvalue weighted by molar-refractivity contribution is 0.0464. The van der Waals surface area contributed by atoms with Gasteiger partial charge in [0.15, 0.2) is 0 Å². The minimum Gasteiger partial charge on any atom is -0.465 e. The van der Waals surface area contributed by atoms with Crippen molar-refractivity contribution in [3.8, 4) is 0 Å². The lowest BCUT2D eigenvalue weighted by Crippen LogP contribution is -2.46. The summed E-state index contributed by atoms with van der Waals surface area (Å²) in [6.45, 7) is 2.52. The van der Waals surface area contributed by atoms with Crippen LogP contribution in [0.5, 0.6) is 0 Å². The third-order valence-corrected chi connectivity index (χ3v) is 4.49. The standard InChI is InChI=1S/C17H19N5O3/c1-24-17(23)10-2-3-12-13(6-10)21-15-14(12)16(20-9-19-15)22-4-5-25-11(7-18)8-22/h2-3,6,9,11H,4-5,7-8,18H2,1H3,(H,19,20,21). The molecule has 1 fully saturated rings. The normalized spacial score (nSPS) is 18.0. The first-order chi connectivity index (χ1) is 12.2. The van der Waals surface area contributed by atoms with Crippen molar-refractivity contribution in [3.05, 3.63) is 30.1 Å². The Morgan fingerprint density at radius 1 is 1.48 bits per heavy atom. The highest BCUT2D eigenvalue weighted by Gasteiger charge is 2.23. The van der Waals surface area contributed by atoms with E-state index in [1.807, 2.05) is 6.07 Å². The van der Waals surface area contributed by atoms with Crippen LogP contribution in [-0.2, 0) is 9.47 Å². The van der Waals surface area contributed by atoms with Crippen molar-refractivity contribution in [2.75, 3.05) is 38.3 Å². The average molecular weight is 341 g/mol. The second-order valence-electron chi connectivity index (χ2n) is 5.97. The van der Waals surface area contributed by atoms with Gasteiger partial charge in [-0.25, -0.2) is 14.8 Å². The second-order valence-corrected chi connectivity index (χ2v) is 5.97. The van der Waals surface area contributed by atoms with Crippen molar-refractivity contribution in [1.29, 1.82) is 0 Å². The Morgan fingerprint density at radius 3 is 3.16 bits per heavy atom. The number of nitrogens with two attached hydrogens (primary N) is 1. The number of nitrogens with one attached hydrogen (secondary N) is 1. The molecule has 4 rings (SSSR count). The molecule has 8 heteroatoms. The Kier molecular flexibility index (Phi) is 3.98. The number of esters is 1. The Bertz CT molecular complexity index is 939. The van der Waals surface area contributed by atoms with Crippen LogP contribution >= 0.6 is 0 Å². The molecule has 8 nitrogen and oxygen atoms in total. The number of morpholine rings is 1. The number of hydrogen-bond acceptors (Lipinski definition) is 7. The smallest absolute Gasteiger partial charge is 0.337 e. The number of carbonyl (C=O) groups is 1. The van der Waals surface area contributed by atoms with Crippen LogP contribution in [0.3, 0.4) is 0 Å². The predicted octanol–water partition coefficient (Wildman–Crippen LogP) is 1.06. The fourth-order valence-corrected chi connectivity index (χ4v) is 3.25. The van der Waals surface area contributed by atoms with Gasteiger partial charge in [-0.1, -0.05) is 6.07 Å². The lowest BCUT2D eigenvalue weighted by atomic mass is 10.1. The molecule has 3 N–H and O–H groups in total. The van der Waals surface area contributed by atoms with E-state index in [9.17, 15) is 4.79 Å². The van der Waals surface area contributed by atoms with Gasteiger partial charge in [-0.2, -0.15) is 0 Å². The highest BCUT2D eigenvalue weighted by atomic mass is 16.5. The van der Waals surface area contributed by atoms with E-state index in [4.69, 9.17) is 15.2 Å². The number of aromatic nitrogens is 3. The Balaban J connectivity index is 1.84. The van der Waals surface area contributed by atoms with Gasteiger partial charge in [0, 0.05) is 30.5 Å². The third-order valence-electron chi connectivity index (χ3n) is 4.49. The van der Waals surface area contributed by atoms with Crippen molar-refractivity contribution in [2.45, 2.75) is 6.10 Å². The van der Waals surface area contributed by atoms with E-state index in [1.54, 1.807) is 18.5 Å². The molecule has 0 spiro atoms. The molecule has 1 aromatic carbocycles. The monoisotopic (exact) mass is 341 g/mol. The van der Waals surface area contributed by atoms with Gasteiger partial charge in [-0.05, 0) is 12.1 Å². The molecule has 1 saturated heterocycles. The molecule has 130 valence electrons. The van der Waals surface area contributed by atoms with Gasteiger partial charge in [0.05, 0.1) is 30.8 Å². The number of rotatable bonds is 3. The lowest BCUT2D eigenvalue weighted by Gasteiger charge is -2.33. The summed E-state index contributed by atoms with van der Waals surface area (Å²) in [4.78, 5) is 26.0. The molecular formula is C17H19N5O3. The summed E-state index contributed by atoms with van der Waals surface area (Å²) in [6, 6.07) is 5.42. The largest absolute Gasteiger partial charge is 0.465 e. The molecule has 1 unspecified atom stereocenters. The van der Waals surface area contributed by atoms with Gasteiger partial charge in [0.2, 0.25) is 0 Å².